The second-order valence-corrected chi connectivity index (χ2v) is 5.60. The van der Waals surface area contributed by atoms with Crippen molar-refractivity contribution in [3.63, 3.8) is 0 Å². The minimum absolute atomic E-state index is 0.171. The Hall–Kier alpha value is -2.42. The van der Waals surface area contributed by atoms with Crippen molar-refractivity contribution < 1.29 is 9.84 Å². The van der Waals surface area contributed by atoms with E-state index in [1.807, 2.05) is 38.2 Å². The summed E-state index contributed by atoms with van der Waals surface area (Å²) in [6.07, 6.45) is 8.78. The summed E-state index contributed by atoms with van der Waals surface area (Å²) in [5.74, 6) is 0.337. The number of aliphatic hydroxyl groups is 1. The Morgan fingerprint density at radius 2 is 2.24 bits per heavy atom. The van der Waals surface area contributed by atoms with Crippen molar-refractivity contribution in [2.75, 3.05) is 19.7 Å². The zero-order chi connectivity index (χ0) is 18.5. The molecule has 0 radical (unpaired) electrons. The van der Waals surface area contributed by atoms with E-state index < -0.39 is 0 Å². The summed E-state index contributed by atoms with van der Waals surface area (Å²) < 4.78 is 6.02. The number of aryl methyl sites for hydroxylation is 1. The Morgan fingerprint density at radius 3 is 2.92 bits per heavy atom. The van der Waals surface area contributed by atoms with Gasteiger partial charge in [-0.15, -0.1) is 0 Å². The average Bonchev–Trinajstić information content (AvgIpc) is 2.60. The molecule has 0 fully saturated rings. The number of nitrogens with one attached hydrogen (secondary N) is 1. The molecular weight excluding hydrogens is 314 g/mol. The first-order valence-corrected chi connectivity index (χ1v) is 8.46. The van der Waals surface area contributed by atoms with Gasteiger partial charge in [0.15, 0.2) is 0 Å². The molecule has 0 amide bonds. The molecule has 134 valence electrons. The number of ether oxygens (including phenoxy) is 1. The molecule has 0 aliphatic heterocycles. The van der Waals surface area contributed by atoms with Crippen molar-refractivity contribution in [3.05, 3.63) is 59.8 Å². The van der Waals surface area contributed by atoms with Gasteiger partial charge in [0, 0.05) is 18.7 Å². The maximum absolute atomic E-state index is 9.26. The van der Waals surface area contributed by atoms with Gasteiger partial charge in [-0.3, -0.25) is 0 Å². The summed E-state index contributed by atoms with van der Waals surface area (Å²) in [6.45, 7) is 9.53. The van der Waals surface area contributed by atoms with Crippen LogP contribution >= 0.6 is 0 Å². The van der Waals surface area contributed by atoms with Crippen molar-refractivity contribution >= 4 is 0 Å². The fourth-order valence-electron chi connectivity index (χ4n) is 2.12. The molecule has 0 aliphatic rings. The predicted molar refractivity (Wildman–Crippen MR) is 100 cm³/mol. The molecule has 1 atom stereocenters. The number of allylic oxidation sites excluding steroid dienone is 3. The Bertz CT molecular complexity index is 645. The van der Waals surface area contributed by atoms with Crippen LogP contribution in [0.15, 0.2) is 48.6 Å². The normalized spacial score (nSPS) is 12.4. The van der Waals surface area contributed by atoms with Gasteiger partial charge in [-0.25, -0.2) is 4.98 Å². The molecule has 0 saturated carbocycles. The highest BCUT2D eigenvalue weighted by Gasteiger charge is 2.16. The lowest BCUT2D eigenvalue weighted by Crippen LogP contribution is -2.27. The molecule has 0 saturated heterocycles. The van der Waals surface area contributed by atoms with Crippen molar-refractivity contribution in [2.45, 2.75) is 32.8 Å². The lowest BCUT2D eigenvalue weighted by molar-refractivity contribution is 0.218. The highest BCUT2D eigenvalue weighted by molar-refractivity contribution is 5.39. The first-order chi connectivity index (χ1) is 12.1. The van der Waals surface area contributed by atoms with Crippen molar-refractivity contribution in [1.29, 1.82) is 5.26 Å². The molecule has 5 heteroatoms. The number of nitriles is 1. The van der Waals surface area contributed by atoms with Crippen LogP contribution in [0.1, 0.15) is 31.0 Å². The van der Waals surface area contributed by atoms with Crippen LogP contribution in [0.5, 0.6) is 5.88 Å². The highest BCUT2D eigenvalue weighted by atomic mass is 16.5. The van der Waals surface area contributed by atoms with Crippen LogP contribution in [-0.2, 0) is 0 Å². The third kappa shape index (κ3) is 7.79. The molecule has 0 aromatic carbocycles. The van der Waals surface area contributed by atoms with Crippen LogP contribution in [0.25, 0.3) is 0 Å². The smallest absolute Gasteiger partial charge is 0.232 e. The first-order valence-electron chi connectivity index (χ1n) is 8.46. The number of hydrogen-bond donors (Lipinski definition) is 2. The van der Waals surface area contributed by atoms with Crippen molar-refractivity contribution in [1.82, 2.24) is 10.3 Å². The van der Waals surface area contributed by atoms with E-state index in [2.05, 4.69) is 22.9 Å². The quantitative estimate of drug-likeness (QED) is 0.478. The molecule has 25 heavy (non-hydrogen) atoms. The van der Waals surface area contributed by atoms with Crippen LogP contribution in [-0.4, -0.2) is 35.9 Å². The Balaban J connectivity index is 2.84. The van der Waals surface area contributed by atoms with Crippen LogP contribution in [0.3, 0.4) is 0 Å². The summed E-state index contributed by atoms with van der Waals surface area (Å²) >= 11 is 0. The molecule has 1 heterocycles. The minimum atomic E-state index is -0.287. The number of rotatable bonds is 11. The summed E-state index contributed by atoms with van der Waals surface area (Å²) in [5, 5.41) is 21.3. The molecule has 0 bridgehead atoms. The second-order valence-electron chi connectivity index (χ2n) is 5.60. The van der Waals surface area contributed by atoms with E-state index in [1.165, 1.54) is 0 Å². The van der Waals surface area contributed by atoms with E-state index in [4.69, 9.17) is 9.84 Å². The maximum Gasteiger partial charge on any atom is 0.232 e. The topological polar surface area (TPSA) is 78.2 Å². The lowest BCUT2D eigenvalue weighted by atomic mass is 10.1. The highest BCUT2D eigenvalue weighted by Crippen LogP contribution is 2.20. The fraction of sp³-hybridized carbons (Fsp3) is 0.400. The van der Waals surface area contributed by atoms with E-state index in [0.29, 0.717) is 24.3 Å². The van der Waals surface area contributed by atoms with Crippen LogP contribution in [0.2, 0.25) is 0 Å². The molecule has 0 spiro atoms. The van der Waals surface area contributed by atoms with Gasteiger partial charge in [-0.2, -0.15) is 5.26 Å². The number of nitrogens with zero attached hydrogens (tertiary/aromatic N) is 2. The van der Waals surface area contributed by atoms with Crippen LogP contribution in [0.4, 0.5) is 0 Å². The molecule has 1 rings (SSSR count). The molecule has 0 aliphatic carbocycles. The molecular formula is C20H27N3O2. The molecule has 1 aromatic heterocycles. The SMILES string of the molecule is C=C(/C=C\C=C/C)[C@@H](CCNCCCO)Oc1nc(C)ccc1C#N. The second kappa shape index (κ2) is 12.0. The molecule has 1 aromatic rings. The van der Waals surface area contributed by atoms with Gasteiger partial charge in [0.05, 0.1) is 0 Å². The van der Waals surface area contributed by atoms with E-state index in [0.717, 1.165) is 24.4 Å². The monoisotopic (exact) mass is 341 g/mol. The zero-order valence-electron chi connectivity index (χ0n) is 15.0. The van der Waals surface area contributed by atoms with Gasteiger partial charge in [-0.05, 0) is 51.1 Å². The van der Waals surface area contributed by atoms with E-state index in [-0.39, 0.29) is 12.7 Å². The standard InChI is InChI=1S/C20H27N3O2/c1-4-5-6-8-16(2)19(11-13-22-12-7-14-24)25-20-18(15-21)10-9-17(3)23-20/h4-6,8-10,19,22,24H,2,7,11-14H2,1,3H3/b5-4-,8-6-/t19-/m1/s1. The third-order valence-corrected chi connectivity index (χ3v) is 3.50. The number of pyridine rings is 1. The first kappa shape index (κ1) is 20.6. The Kier molecular flexibility index (Phi) is 9.91. The van der Waals surface area contributed by atoms with Crippen molar-refractivity contribution in [2.24, 2.45) is 0 Å². The van der Waals surface area contributed by atoms with E-state index in [1.54, 1.807) is 12.1 Å². The number of aliphatic hydroxyl groups excluding tert-OH is 1. The molecule has 2 N–H and O–H groups in total. The fourth-order valence-corrected chi connectivity index (χ4v) is 2.12. The van der Waals surface area contributed by atoms with Gasteiger partial charge in [-0.1, -0.05) is 30.9 Å². The number of hydrogen-bond acceptors (Lipinski definition) is 5. The number of aromatic nitrogens is 1. The average molecular weight is 341 g/mol. The van der Waals surface area contributed by atoms with Crippen LogP contribution < -0.4 is 10.1 Å². The summed E-state index contributed by atoms with van der Waals surface area (Å²) in [4.78, 5) is 4.34. The third-order valence-electron chi connectivity index (χ3n) is 3.50. The van der Waals surface area contributed by atoms with E-state index >= 15 is 0 Å². The Morgan fingerprint density at radius 1 is 1.44 bits per heavy atom. The minimum Gasteiger partial charge on any atom is -0.468 e. The summed E-state index contributed by atoms with van der Waals surface area (Å²) in [7, 11) is 0. The largest absolute Gasteiger partial charge is 0.468 e. The Labute approximate surface area is 150 Å². The summed E-state index contributed by atoms with van der Waals surface area (Å²) in [6, 6.07) is 5.62. The summed E-state index contributed by atoms with van der Waals surface area (Å²) in [5.41, 5.74) is 2.02. The van der Waals surface area contributed by atoms with Gasteiger partial charge in [0.1, 0.15) is 17.7 Å². The van der Waals surface area contributed by atoms with Crippen molar-refractivity contribution in [3.8, 4) is 11.9 Å². The predicted octanol–water partition coefficient (Wildman–Crippen LogP) is 3.06. The van der Waals surface area contributed by atoms with Crippen LogP contribution in [0, 0.1) is 18.3 Å². The van der Waals surface area contributed by atoms with Gasteiger partial charge in [0.2, 0.25) is 5.88 Å². The molecule has 5 nitrogen and oxygen atoms in total. The molecule has 0 unspecified atom stereocenters. The van der Waals surface area contributed by atoms with Gasteiger partial charge < -0.3 is 15.2 Å². The zero-order valence-corrected chi connectivity index (χ0v) is 15.0. The van der Waals surface area contributed by atoms with Gasteiger partial charge in [0.25, 0.3) is 0 Å². The van der Waals surface area contributed by atoms with Gasteiger partial charge >= 0.3 is 0 Å². The maximum atomic E-state index is 9.26. The van der Waals surface area contributed by atoms with E-state index in [9.17, 15) is 5.26 Å². The lowest BCUT2D eigenvalue weighted by Gasteiger charge is -2.20.